The van der Waals surface area contributed by atoms with Crippen LogP contribution < -0.4 is 9.21 Å². The summed E-state index contributed by atoms with van der Waals surface area (Å²) in [6.07, 6.45) is 2.56. The normalized spacial score (nSPS) is 20.5. The number of benzene rings is 2. The van der Waals surface area contributed by atoms with Crippen molar-refractivity contribution in [2.45, 2.75) is 38.5 Å². The fourth-order valence-corrected chi connectivity index (χ4v) is 5.86. The molecule has 0 spiro atoms. The average molecular weight is 399 g/mol. The maximum absolute atomic E-state index is 13.4. The molecule has 2 aromatic carbocycles. The molecule has 0 radical (unpaired) electrons. The van der Waals surface area contributed by atoms with E-state index in [2.05, 4.69) is 19.9 Å². The van der Waals surface area contributed by atoms with Crippen LogP contribution in [0.5, 0.6) is 0 Å². The van der Waals surface area contributed by atoms with E-state index < -0.39 is 10.0 Å². The van der Waals surface area contributed by atoms with Gasteiger partial charge in [0.15, 0.2) is 0 Å². The Labute approximate surface area is 167 Å². The molecular formula is C22H26N2O3S. The highest BCUT2D eigenvalue weighted by Crippen LogP contribution is 2.39. The molecule has 0 bridgehead atoms. The lowest BCUT2D eigenvalue weighted by Crippen LogP contribution is -2.32. The molecule has 2 aliphatic heterocycles. The van der Waals surface area contributed by atoms with Crippen molar-refractivity contribution < 1.29 is 13.2 Å². The van der Waals surface area contributed by atoms with Crippen molar-refractivity contribution in [2.24, 2.45) is 0 Å². The van der Waals surface area contributed by atoms with Crippen molar-refractivity contribution >= 4 is 27.3 Å². The Morgan fingerprint density at radius 1 is 1.00 bits per heavy atom. The van der Waals surface area contributed by atoms with Gasteiger partial charge in [0.2, 0.25) is 10.0 Å². The Kier molecular flexibility index (Phi) is 4.70. The molecule has 2 aliphatic rings. The molecule has 0 N–H and O–H groups in total. The van der Waals surface area contributed by atoms with Gasteiger partial charge in [-0.2, -0.15) is 0 Å². The number of amides is 1. The monoisotopic (exact) mass is 398 g/mol. The van der Waals surface area contributed by atoms with E-state index in [-0.39, 0.29) is 17.1 Å². The second-order valence-corrected chi connectivity index (χ2v) is 10.3. The molecule has 0 atom stereocenters. The van der Waals surface area contributed by atoms with Crippen LogP contribution in [0, 0.1) is 0 Å². The molecule has 1 fully saturated rings. The number of para-hydroxylation sites is 1. The fraction of sp³-hybridized carbons (Fsp3) is 0.409. The van der Waals surface area contributed by atoms with E-state index in [4.69, 9.17) is 0 Å². The van der Waals surface area contributed by atoms with Gasteiger partial charge in [0, 0.05) is 24.3 Å². The van der Waals surface area contributed by atoms with Gasteiger partial charge in [-0.05, 0) is 54.5 Å². The third-order valence-electron chi connectivity index (χ3n) is 5.83. The van der Waals surface area contributed by atoms with Crippen LogP contribution in [0.25, 0.3) is 0 Å². The lowest BCUT2D eigenvalue weighted by atomic mass is 9.80. The van der Waals surface area contributed by atoms with Crippen molar-refractivity contribution in [2.75, 3.05) is 28.0 Å². The number of carbonyl (C=O) groups is 1. The number of anilines is 2. The van der Waals surface area contributed by atoms with Gasteiger partial charge in [-0.1, -0.05) is 38.1 Å². The summed E-state index contributed by atoms with van der Waals surface area (Å²) in [6.45, 7) is 5.57. The van der Waals surface area contributed by atoms with Gasteiger partial charge in [0.05, 0.1) is 11.4 Å². The second-order valence-electron chi connectivity index (χ2n) is 8.25. The van der Waals surface area contributed by atoms with Gasteiger partial charge < -0.3 is 4.90 Å². The van der Waals surface area contributed by atoms with E-state index in [0.29, 0.717) is 30.8 Å². The number of fused-ring (bicyclic) bond motifs is 1. The van der Waals surface area contributed by atoms with E-state index in [9.17, 15) is 13.2 Å². The van der Waals surface area contributed by atoms with Crippen molar-refractivity contribution in [3.05, 3.63) is 59.7 Å². The van der Waals surface area contributed by atoms with Crippen LogP contribution in [0.15, 0.2) is 48.5 Å². The van der Waals surface area contributed by atoms with E-state index in [1.165, 1.54) is 9.87 Å². The molecule has 0 aromatic heterocycles. The standard InChI is InChI=1S/C22H26N2O3S/c1-22(2)12-6-13-23(20-11-4-3-10-19(20)22)21(25)17-8-5-9-18(16-17)24-14-7-15-28(24,26)27/h3-5,8-11,16H,6-7,12-15H2,1-2H3. The highest BCUT2D eigenvalue weighted by molar-refractivity contribution is 7.93. The third kappa shape index (κ3) is 3.30. The molecule has 0 saturated carbocycles. The number of sulfonamides is 1. The number of hydrogen-bond donors (Lipinski definition) is 0. The van der Waals surface area contributed by atoms with Gasteiger partial charge in [0.1, 0.15) is 0 Å². The third-order valence-corrected chi connectivity index (χ3v) is 7.70. The Hall–Kier alpha value is -2.34. The van der Waals surface area contributed by atoms with E-state index in [0.717, 1.165) is 18.5 Å². The van der Waals surface area contributed by atoms with Crippen LogP contribution in [-0.2, 0) is 15.4 Å². The highest BCUT2D eigenvalue weighted by atomic mass is 32.2. The van der Waals surface area contributed by atoms with Crippen molar-refractivity contribution in [1.29, 1.82) is 0 Å². The fourth-order valence-electron chi connectivity index (χ4n) is 4.31. The quantitative estimate of drug-likeness (QED) is 0.770. The molecule has 0 unspecified atom stereocenters. The van der Waals surface area contributed by atoms with Crippen molar-refractivity contribution in [1.82, 2.24) is 0 Å². The summed E-state index contributed by atoms with van der Waals surface area (Å²) in [7, 11) is -3.27. The van der Waals surface area contributed by atoms with Crippen LogP contribution in [0.4, 0.5) is 11.4 Å². The van der Waals surface area contributed by atoms with Crippen LogP contribution >= 0.6 is 0 Å². The summed E-state index contributed by atoms with van der Waals surface area (Å²) < 4.78 is 25.9. The van der Waals surface area contributed by atoms with Gasteiger partial charge >= 0.3 is 0 Å². The Morgan fingerprint density at radius 3 is 2.54 bits per heavy atom. The second kappa shape index (κ2) is 6.92. The number of carbonyl (C=O) groups excluding carboxylic acids is 1. The van der Waals surface area contributed by atoms with Gasteiger partial charge in [0.25, 0.3) is 5.91 Å². The van der Waals surface area contributed by atoms with Crippen LogP contribution in [0.1, 0.15) is 49.0 Å². The summed E-state index contributed by atoms with van der Waals surface area (Å²) in [5.74, 6) is 0.0864. The topological polar surface area (TPSA) is 57.7 Å². The minimum Gasteiger partial charge on any atom is -0.308 e. The molecule has 0 aliphatic carbocycles. The molecular weight excluding hydrogens is 372 g/mol. The molecule has 6 heteroatoms. The molecule has 148 valence electrons. The maximum atomic E-state index is 13.4. The molecule has 1 amide bonds. The number of hydrogen-bond acceptors (Lipinski definition) is 3. The van der Waals surface area contributed by atoms with Crippen molar-refractivity contribution in [3.63, 3.8) is 0 Å². The molecule has 28 heavy (non-hydrogen) atoms. The molecule has 2 aromatic rings. The zero-order chi connectivity index (χ0) is 19.9. The molecule has 2 heterocycles. The summed E-state index contributed by atoms with van der Waals surface area (Å²) in [5, 5.41) is 0. The van der Waals surface area contributed by atoms with Crippen molar-refractivity contribution in [3.8, 4) is 0 Å². The SMILES string of the molecule is CC1(C)CCCN(C(=O)c2cccc(N3CCCS3(=O)=O)c2)c2ccccc21. The largest absolute Gasteiger partial charge is 0.308 e. The Bertz CT molecular complexity index is 1010. The predicted octanol–water partition coefficient (Wildman–Crippen LogP) is 3.94. The first-order valence-corrected chi connectivity index (χ1v) is 11.4. The van der Waals surface area contributed by atoms with Gasteiger partial charge in [-0.3, -0.25) is 9.10 Å². The lowest BCUT2D eigenvalue weighted by molar-refractivity contribution is 0.0987. The van der Waals surface area contributed by atoms with E-state index >= 15 is 0 Å². The van der Waals surface area contributed by atoms with E-state index in [1.54, 1.807) is 24.3 Å². The van der Waals surface area contributed by atoms with Crippen LogP contribution in [-0.4, -0.2) is 33.2 Å². The summed E-state index contributed by atoms with van der Waals surface area (Å²) >= 11 is 0. The first-order chi connectivity index (χ1) is 13.3. The number of nitrogens with zero attached hydrogens (tertiary/aromatic N) is 2. The zero-order valence-electron chi connectivity index (χ0n) is 16.4. The molecule has 4 rings (SSSR count). The zero-order valence-corrected chi connectivity index (χ0v) is 17.2. The average Bonchev–Trinajstić information content (AvgIpc) is 2.97. The maximum Gasteiger partial charge on any atom is 0.258 e. The molecule has 5 nitrogen and oxygen atoms in total. The Balaban J connectivity index is 1.71. The summed E-state index contributed by atoms with van der Waals surface area (Å²) in [5.41, 5.74) is 3.24. The minimum atomic E-state index is -3.27. The highest BCUT2D eigenvalue weighted by Gasteiger charge is 2.32. The summed E-state index contributed by atoms with van der Waals surface area (Å²) in [6, 6.07) is 15.1. The first kappa shape index (κ1) is 19.0. The summed E-state index contributed by atoms with van der Waals surface area (Å²) in [4.78, 5) is 15.3. The van der Waals surface area contributed by atoms with Crippen LogP contribution in [0.3, 0.4) is 0 Å². The number of rotatable bonds is 2. The van der Waals surface area contributed by atoms with Crippen LogP contribution in [0.2, 0.25) is 0 Å². The minimum absolute atomic E-state index is 0.0110. The lowest BCUT2D eigenvalue weighted by Gasteiger charge is -2.27. The Morgan fingerprint density at radius 2 is 1.79 bits per heavy atom. The smallest absolute Gasteiger partial charge is 0.258 e. The van der Waals surface area contributed by atoms with Gasteiger partial charge in [-0.25, -0.2) is 8.42 Å². The first-order valence-electron chi connectivity index (χ1n) is 9.81. The van der Waals surface area contributed by atoms with Gasteiger partial charge in [-0.15, -0.1) is 0 Å². The molecule has 1 saturated heterocycles. The van der Waals surface area contributed by atoms with E-state index in [1.807, 2.05) is 23.1 Å². The predicted molar refractivity (Wildman–Crippen MR) is 113 cm³/mol.